The molecule has 2 fully saturated rings. The molecule has 0 heteroatoms. The third kappa shape index (κ3) is 6.45. The Morgan fingerprint density at radius 3 is 0.912 bits per heavy atom. The molecule has 6 aliphatic rings. The molecule has 12 aromatic carbocycles. The van der Waals surface area contributed by atoms with Gasteiger partial charge < -0.3 is 0 Å². The zero-order valence-electron chi connectivity index (χ0n) is 44.4. The maximum absolute atomic E-state index is 2.79. The van der Waals surface area contributed by atoms with Crippen molar-refractivity contribution in [1.82, 2.24) is 0 Å². The summed E-state index contributed by atoms with van der Waals surface area (Å²) in [5.41, 5.74) is 22.1. The van der Waals surface area contributed by atoms with Crippen LogP contribution in [-0.2, 0) is 5.41 Å². The van der Waals surface area contributed by atoms with Gasteiger partial charge in [-0.15, -0.1) is 0 Å². The van der Waals surface area contributed by atoms with Crippen LogP contribution in [-0.4, -0.2) is 0 Å². The Bertz CT molecular complexity index is 4470. The number of benzene rings is 12. The van der Waals surface area contributed by atoms with E-state index in [1.54, 1.807) is 0 Å². The van der Waals surface area contributed by atoms with Gasteiger partial charge in [0.25, 0.3) is 0 Å². The molecular weight excluding hydrogens is 961 g/mol. The molecule has 0 unspecified atom stereocenters. The largest absolute Gasteiger partial charge is 0.0725 e. The first-order valence-electron chi connectivity index (χ1n) is 29.1. The van der Waals surface area contributed by atoms with Gasteiger partial charge >= 0.3 is 0 Å². The standard InChI is InChI=1S/C80H54/c1-7-19-60-51(13-1)31-37-66-70(67-38-32-52-14-2-8-20-61(52)75(67)74(60)66)43-48(44-71-68-39-33-53-15-3-9-21-62(53)76(68)77-63-22-10-4-16-54(63)34-40-69(71)77)47-80(59-45-57(49-25-26-49)29-30-58(46-59)50-27-28-50)72-41-35-55-17-5-11-23-64(55)78(72)79-65-24-12-6-18-56(65)36-42-73(79)80/h1-24,29-47,49-50,59H,25-28H2. The Labute approximate surface area is 466 Å². The van der Waals surface area contributed by atoms with Gasteiger partial charge in [0.1, 0.15) is 0 Å². The van der Waals surface area contributed by atoms with Crippen molar-refractivity contribution in [2.24, 2.45) is 17.8 Å². The van der Waals surface area contributed by atoms with Crippen LogP contribution in [0, 0.1) is 17.8 Å². The van der Waals surface area contributed by atoms with Crippen LogP contribution in [0.3, 0.4) is 0 Å². The van der Waals surface area contributed by atoms with E-state index in [1.807, 2.05) is 0 Å². The van der Waals surface area contributed by atoms with E-state index in [0.29, 0.717) is 11.8 Å². The lowest BCUT2D eigenvalue weighted by Crippen LogP contribution is -2.32. The maximum Gasteiger partial charge on any atom is 0.0500 e. The minimum atomic E-state index is -0.622. The van der Waals surface area contributed by atoms with Crippen molar-refractivity contribution in [1.29, 1.82) is 0 Å². The summed E-state index contributed by atoms with van der Waals surface area (Å²) in [5.74, 6) is 1.20. The van der Waals surface area contributed by atoms with Gasteiger partial charge in [-0.1, -0.05) is 249 Å². The van der Waals surface area contributed by atoms with Crippen LogP contribution in [0.4, 0.5) is 0 Å². The normalized spacial score (nSPS) is 16.6. The van der Waals surface area contributed by atoms with Crippen molar-refractivity contribution >= 4 is 75.8 Å². The van der Waals surface area contributed by atoms with Crippen molar-refractivity contribution in [2.75, 3.05) is 0 Å². The number of rotatable bonds is 6. The second-order valence-corrected chi connectivity index (χ2v) is 23.6. The predicted octanol–water partition coefficient (Wildman–Crippen LogP) is 20.9. The van der Waals surface area contributed by atoms with Crippen LogP contribution in [0.15, 0.2) is 278 Å². The van der Waals surface area contributed by atoms with Crippen LogP contribution >= 0.6 is 0 Å². The average Bonchev–Trinajstić information content (AvgIpc) is 4.08. The van der Waals surface area contributed by atoms with Crippen molar-refractivity contribution in [2.45, 2.75) is 31.1 Å². The summed E-state index contributed by atoms with van der Waals surface area (Å²) in [5, 5.41) is 15.4. The zero-order chi connectivity index (χ0) is 52.2. The molecule has 80 heavy (non-hydrogen) atoms. The lowest BCUT2D eigenvalue weighted by atomic mass is 9.66. The highest BCUT2D eigenvalue weighted by atomic mass is 14.5. The molecule has 0 nitrogen and oxygen atoms in total. The van der Waals surface area contributed by atoms with E-state index in [4.69, 9.17) is 0 Å². The second-order valence-electron chi connectivity index (χ2n) is 23.6. The van der Waals surface area contributed by atoms with Crippen molar-refractivity contribution < 1.29 is 0 Å². The lowest BCUT2D eigenvalue weighted by Gasteiger charge is -2.36. The van der Waals surface area contributed by atoms with Gasteiger partial charge in [0.15, 0.2) is 0 Å². The summed E-state index contributed by atoms with van der Waals surface area (Å²) >= 11 is 0. The SMILES string of the molecule is C1=CC(C2CC2)=CC(C2(C=C(C=C3c4ccc5ccccc5c4-c4c3ccc3ccccc43)C=C3c4ccc5ccccc5c4-c4c3ccc3ccccc43)c3ccc4ccccc4c3-c3c2ccc2ccccc32)C=C1C1CC1. The Hall–Kier alpha value is -9.36. The third-order valence-corrected chi connectivity index (χ3v) is 19.2. The molecule has 0 bridgehead atoms. The Morgan fingerprint density at radius 2 is 0.600 bits per heavy atom. The summed E-state index contributed by atoms with van der Waals surface area (Å²) < 4.78 is 0. The van der Waals surface area contributed by atoms with Crippen LogP contribution in [0.5, 0.6) is 0 Å². The summed E-state index contributed by atoms with van der Waals surface area (Å²) in [6.45, 7) is 0. The van der Waals surface area contributed by atoms with Crippen LogP contribution in [0.2, 0.25) is 0 Å². The highest BCUT2D eigenvalue weighted by Gasteiger charge is 2.49. The van der Waals surface area contributed by atoms with Crippen LogP contribution < -0.4 is 0 Å². The first kappa shape index (κ1) is 44.6. The van der Waals surface area contributed by atoms with E-state index < -0.39 is 5.41 Å². The molecule has 6 aliphatic carbocycles. The van der Waals surface area contributed by atoms with Gasteiger partial charge in [-0.3, -0.25) is 0 Å². The molecule has 0 amide bonds. The van der Waals surface area contributed by atoms with Gasteiger partial charge in [-0.2, -0.15) is 0 Å². The van der Waals surface area contributed by atoms with E-state index in [2.05, 4.69) is 261 Å². The molecule has 374 valence electrons. The molecule has 0 aromatic heterocycles. The van der Waals surface area contributed by atoms with E-state index in [9.17, 15) is 0 Å². The Morgan fingerprint density at radius 1 is 0.312 bits per heavy atom. The monoisotopic (exact) mass is 1010 g/mol. The molecular formula is C80H54. The fraction of sp³-hybridized carbons (Fsp3) is 0.100. The zero-order valence-corrected chi connectivity index (χ0v) is 44.4. The fourth-order valence-corrected chi connectivity index (χ4v) is 15.3. The number of fused-ring (bicyclic) bond motifs is 21. The predicted molar refractivity (Wildman–Crippen MR) is 338 cm³/mol. The summed E-state index contributed by atoms with van der Waals surface area (Å²) in [6.07, 6.45) is 23.5. The Kier molecular flexibility index (Phi) is 9.38. The molecule has 0 saturated heterocycles. The van der Waals surface area contributed by atoms with Gasteiger partial charge in [-0.25, -0.2) is 0 Å². The summed E-state index contributed by atoms with van der Waals surface area (Å²) in [7, 11) is 0. The van der Waals surface area contributed by atoms with Gasteiger partial charge in [-0.05, 0) is 209 Å². The highest BCUT2D eigenvalue weighted by molar-refractivity contribution is 6.21. The van der Waals surface area contributed by atoms with Crippen molar-refractivity contribution in [3.8, 4) is 33.4 Å². The lowest BCUT2D eigenvalue weighted by molar-refractivity contribution is 0.549. The topological polar surface area (TPSA) is 0 Å². The van der Waals surface area contributed by atoms with Crippen molar-refractivity contribution in [3.63, 3.8) is 0 Å². The number of hydrogen-bond acceptors (Lipinski definition) is 0. The van der Waals surface area contributed by atoms with Crippen LogP contribution in [0.1, 0.15) is 59.1 Å². The van der Waals surface area contributed by atoms with Gasteiger partial charge in [0, 0.05) is 5.92 Å². The summed E-state index contributed by atoms with van der Waals surface area (Å²) in [6, 6.07) is 83.4. The maximum atomic E-state index is 2.79. The molecule has 12 aromatic rings. The van der Waals surface area contributed by atoms with Gasteiger partial charge in [0.05, 0.1) is 5.41 Å². The molecule has 0 aliphatic heterocycles. The minimum absolute atomic E-state index is 0.0184. The molecule has 2 saturated carbocycles. The first-order chi connectivity index (χ1) is 39.6. The minimum Gasteiger partial charge on any atom is -0.0725 e. The van der Waals surface area contributed by atoms with E-state index in [-0.39, 0.29) is 5.92 Å². The molecule has 0 spiro atoms. The molecule has 0 heterocycles. The molecule has 18 rings (SSSR count). The van der Waals surface area contributed by atoms with E-state index >= 15 is 0 Å². The fourth-order valence-electron chi connectivity index (χ4n) is 15.3. The van der Waals surface area contributed by atoms with Crippen molar-refractivity contribution in [3.05, 3.63) is 311 Å². The molecule has 0 N–H and O–H groups in total. The van der Waals surface area contributed by atoms with Crippen LogP contribution in [0.25, 0.3) is 109 Å². The van der Waals surface area contributed by atoms with E-state index in [1.165, 1.54) is 185 Å². The average molecular weight is 1020 g/mol. The second kappa shape index (κ2) is 16.8. The quantitative estimate of drug-likeness (QED) is 0.156. The van der Waals surface area contributed by atoms with E-state index in [0.717, 1.165) is 0 Å². The number of hydrogen-bond donors (Lipinski definition) is 0. The Balaban J connectivity index is 1.02. The highest BCUT2D eigenvalue weighted by Crippen LogP contribution is 2.61. The smallest absolute Gasteiger partial charge is 0.0500 e. The summed E-state index contributed by atoms with van der Waals surface area (Å²) in [4.78, 5) is 0. The molecule has 0 atom stereocenters. The first-order valence-corrected chi connectivity index (χ1v) is 29.1. The number of allylic oxidation sites excluding steroid dienone is 10. The van der Waals surface area contributed by atoms with Gasteiger partial charge in [0.2, 0.25) is 0 Å². The molecule has 0 radical (unpaired) electrons. The third-order valence-electron chi connectivity index (χ3n) is 19.2.